The molecule has 4 N–H and O–H groups in total. The van der Waals surface area contributed by atoms with Crippen molar-refractivity contribution in [3.8, 4) is 0 Å². The quantitative estimate of drug-likeness (QED) is 0.556. The van der Waals surface area contributed by atoms with Crippen LogP contribution in [0.3, 0.4) is 0 Å². The summed E-state index contributed by atoms with van der Waals surface area (Å²) in [5.74, 6) is -1.47. The second-order valence-electron chi connectivity index (χ2n) is 7.65. The molecule has 0 aliphatic carbocycles. The van der Waals surface area contributed by atoms with Crippen LogP contribution in [0.1, 0.15) is 46.1 Å². The van der Waals surface area contributed by atoms with E-state index in [1.165, 1.54) is 0 Å². The smallest absolute Gasteiger partial charge is 0.319 e. The summed E-state index contributed by atoms with van der Waals surface area (Å²) < 4.78 is 0. The molecule has 0 spiro atoms. The van der Waals surface area contributed by atoms with Gasteiger partial charge in [-0.1, -0.05) is 29.8 Å². The summed E-state index contributed by atoms with van der Waals surface area (Å²) in [6, 6.07) is 11.0. The van der Waals surface area contributed by atoms with Gasteiger partial charge >= 0.3 is 6.03 Å². The number of carbonyl (C=O) groups is 4. The van der Waals surface area contributed by atoms with E-state index in [0.29, 0.717) is 16.8 Å². The SMILES string of the molecule is Cc1ccc(NC(=O)NCc2ccc3c(c2)C(=O)N(C2CCC(=O)NC2=O)C3O)cc1. The van der Waals surface area contributed by atoms with Crippen LogP contribution in [0, 0.1) is 6.92 Å². The molecular weight excluding hydrogens is 400 g/mol. The first kappa shape index (κ1) is 20.5. The van der Waals surface area contributed by atoms with Gasteiger partial charge in [-0.2, -0.15) is 0 Å². The predicted octanol–water partition coefficient (Wildman–Crippen LogP) is 1.57. The fourth-order valence-corrected chi connectivity index (χ4v) is 3.78. The van der Waals surface area contributed by atoms with Crippen LogP contribution in [0.25, 0.3) is 0 Å². The van der Waals surface area contributed by atoms with Crippen molar-refractivity contribution in [2.45, 2.75) is 38.6 Å². The topological polar surface area (TPSA) is 128 Å². The minimum absolute atomic E-state index is 0.106. The summed E-state index contributed by atoms with van der Waals surface area (Å²) >= 11 is 0. The van der Waals surface area contributed by atoms with Crippen LogP contribution in [-0.4, -0.2) is 39.8 Å². The number of rotatable bonds is 4. The number of imide groups is 1. The number of nitrogens with one attached hydrogen (secondary N) is 3. The van der Waals surface area contributed by atoms with Crippen LogP contribution >= 0.6 is 0 Å². The van der Waals surface area contributed by atoms with E-state index in [0.717, 1.165) is 10.5 Å². The molecule has 1 saturated heterocycles. The number of nitrogens with zero attached hydrogens (tertiary/aromatic N) is 1. The second kappa shape index (κ2) is 8.19. The molecule has 2 aromatic carbocycles. The van der Waals surface area contributed by atoms with Gasteiger partial charge in [-0.15, -0.1) is 0 Å². The molecule has 0 bridgehead atoms. The molecule has 2 aromatic rings. The first-order valence-electron chi connectivity index (χ1n) is 9.92. The van der Waals surface area contributed by atoms with E-state index in [9.17, 15) is 24.3 Å². The lowest BCUT2D eigenvalue weighted by Gasteiger charge is -2.31. The van der Waals surface area contributed by atoms with E-state index in [4.69, 9.17) is 0 Å². The molecule has 2 atom stereocenters. The highest BCUT2D eigenvalue weighted by Gasteiger charge is 2.44. The predicted molar refractivity (Wildman–Crippen MR) is 111 cm³/mol. The highest BCUT2D eigenvalue weighted by atomic mass is 16.3. The molecule has 0 saturated carbocycles. The minimum Gasteiger partial charge on any atom is -0.369 e. The van der Waals surface area contributed by atoms with Crippen LogP contribution in [0.5, 0.6) is 0 Å². The number of urea groups is 1. The number of benzene rings is 2. The maximum absolute atomic E-state index is 12.9. The number of hydrogen-bond acceptors (Lipinski definition) is 5. The maximum Gasteiger partial charge on any atom is 0.319 e. The number of fused-ring (bicyclic) bond motifs is 1. The highest BCUT2D eigenvalue weighted by molar-refractivity contribution is 6.05. The second-order valence-corrected chi connectivity index (χ2v) is 7.65. The Morgan fingerprint density at radius 3 is 2.61 bits per heavy atom. The number of aryl methyl sites for hydroxylation is 1. The van der Waals surface area contributed by atoms with E-state index >= 15 is 0 Å². The fraction of sp³-hybridized carbons (Fsp3) is 0.273. The van der Waals surface area contributed by atoms with Gasteiger partial charge in [0.05, 0.1) is 0 Å². The summed E-state index contributed by atoms with van der Waals surface area (Å²) in [5, 5.41) is 18.3. The van der Waals surface area contributed by atoms with E-state index < -0.39 is 30.0 Å². The van der Waals surface area contributed by atoms with Crippen molar-refractivity contribution in [1.82, 2.24) is 15.5 Å². The molecule has 5 amide bonds. The summed E-state index contributed by atoms with van der Waals surface area (Å²) in [4.78, 5) is 49.7. The molecule has 2 aliphatic rings. The Labute approximate surface area is 178 Å². The Morgan fingerprint density at radius 1 is 1.16 bits per heavy atom. The lowest BCUT2D eigenvalue weighted by Crippen LogP contribution is -2.53. The molecule has 0 radical (unpaired) electrons. The average molecular weight is 422 g/mol. The van der Waals surface area contributed by atoms with Crippen LogP contribution in [-0.2, 0) is 16.1 Å². The molecule has 2 unspecified atom stereocenters. The van der Waals surface area contributed by atoms with Gasteiger partial charge in [-0.05, 0) is 37.1 Å². The molecule has 9 nitrogen and oxygen atoms in total. The molecule has 4 rings (SSSR count). The minimum atomic E-state index is -1.27. The third kappa shape index (κ3) is 4.13. The largest absolute Gasteiger partial charge is 0.369 e. The van der Waals surface area contributed by atoms with Crippen LogP contribution in [0.2, 0.25) is 0 Å². The molecule has 0 aromatic heterocycles. The highest BCUT2D eigenvalue weighted by Crippen LogP contribution is 2.35. The van der Waals surface area contributed by atoms with Crippen LogP contribution < -0.4 is 16.0 Å². The Kier molecular flexibility index (Phi) is 5.43. The lowest BCUT2D eigenvalue weighted by molar-refractivity contribution is -0.139. The van der Waals surface area contributed by atoms with Gasteiger partial charge in [0.15, 0.2) is 6.23 Å². The molecule has 31 heavy (non-hydrogen) atoms. The fourth-order valence-electron chi connectivity index (χ4n) is 3.78. The third-order valence-electron chi connectivity index (χ3n) is 5.43. The summed E-state index contributed by atoms with van der Waals surface area (Å²) in [5.41, 5.74) is 3.08. The summed E-state index contributed by atoms with van der Waals surface area (Å²) in [6.45, 7) is 2.13. The standard InChI is InChI=1S/C22H22N4O5/c1-12-2-5-14(6-3-12)24-22(31)23-11-13-4-7-15-16(10-13)21(30)26(20(15)29)17-8-9-18(27)25-19(17)28/h2-7,10,17,20,29H,8-9,11H2,1H3,(H2,23,24,31)(H,25,27,28). The van der Waals surface area contributed by atoms with Crippen LogP contribution in [0.4, 0.5) is 10.5 Å². The Hall–Kier alpha value is -3.72. The molecule has 9 heteroatoms. The zero-order valence-electron chi connectivity index (χ0n) is 16.8. The van der Waals surface area contributed by atoms with Crippen molar-refractivity contribution in [2.75, 3.05) is 5.32 Å². The van der Waals surface area contributed by atoms with Crippen molar-refractivity contribution in [2.24, 2.45) is 0 Å². The van der Waals surface area contributed by atoms with E-state index in [2.05, 4.69) is 16.0 Å². The Morgan fingerprint density at radius 2 is 1.90 bits per heavy atom. The van der Waals surface area contributed by atoms with E-state index in [1.54, 1.807) is 30.3 Å². The van der Waals surface area contributed by atoms with Crippen LogP contribution in [0.15, 0.2) is 42.5 Å². The molecule has 2 heterocycles. The third-order valence-corrected chi connectivity index (χ3v) is 5.43. The van der Waals surface area contributed by atoms with E-state index in [-0.39, 0.29) is 31.0 Å². The molecule has 2 aliphatic heterocycles. The van der Waals surface area contributed by atoms with Gasteiger partial charge in [-0.3, -0.25) is 24.6 Å². The Balaban J connectivity index is 1.42. The maximum atomic E-state index is 12.9. The van der Waals surface area contributed by atoms with Crippen molar-refractivity contribution in [3.63, 3.8) is 0 Å². The van der Waals surface area contributed by atoms with Gasteiger partial charge < -0.3 is 15.7 Å². The van der Waals surface area contributed by atoms with Crippen molar-refractivity contribution in [3.05, 3.63) is 64.7 Å². The van der Waals surface area contributed by atoms with Crippen molar-refractivity contribution >= 4 is 29.4 Å². The first-order chi connectivity index (χ1) is 14.8. The normalized spacial score (nSPS) is 20.3. The molecular formula is C22H22N4O5. The summed E-state index contributed by atoms with van der Waals surface area (Å²) in [6.07, 6.45) is -0.998. The van der Waals surface area contributed by atoms with Crippen molar-refractivity contribution in [1.29, 1.82) is 0 Å². The number of anilines is 1. The number of hydrogen-bond donors (Lipinski definition) is 4. The zero-order valence-corrected chi connectivity index (χ0v) is 16.8. The van der Waals surface area contributed by atoms with Gasteiger partial charge in [0, 0.05) is 29.8 Å². The Bertz CT molecular complexity index is 1070. The molecule has 1 fully saturated rings. The number of amides is 5. The monoisotopic (exact) mass is 422 g/mol. The average Bonchev–Trinajstić information content (AvgIpc) is 2.98. The van der Waals surface area contributed by atoms with Gasteiger partial charge in [0.2, 0.25) is 11.8 Å². The number of carbonyl (C=O) groups excluding carboxylic acids is 4. The first-order valence-corrected chi connectivity index (χ1v) is 9.92. The number of piperidine rings is 1. The van der Waals surface area contributed by atoms with Crippen molar-refractivity contribution < 1.29 is 24.3 Å². The van der Waals surface area contributed by atoms with Gasteiger partial charge in [0.1, 0.15) is 6.04 Å². The number of aliphatic hydroxyl groups excluding tert-OH is 1. The summed E-state index contributed by atoms with van der Waals surface area (Å²) in [7, 11) is 0. The molecule has 160 valence electrons. The van der Waals surface area contributed by atoms with Gasteiger partial charge in [-0.25, -0.2) is 4.79 Å². The number of aliphatic hydroxyl groups is 1. The zero-order chi connectivity index (χ0) is 22.1. The van der Waals surface area contributed by atoms with Gasteiger partial charge in [0.25, 0.3) is 5.91 Å². The van der Waals surface area contributed by atoms with E-state index in [1.807, 2.05) is 19.1 Å². The lowest BCUT2D eigenvalue weighted by atomic mass is 10.0.